The second kappa shape index (κ2) is 6.21. The Morgan fingerprint density at radius 1 is 1.00 bits per heavy atom. The molecule has 0 radical (unpaired) electrons. The van der Waals surface area contributed by atoms with Crippen molar-refractivity contribution in [2.75, 3.05) is 5.73 Å². The van der Waals surface area contributed by atoms with E-state index in [1.54, 1.807) is 36.4 Å². The number of nitrogens with two attached hydrogens (primary N) is 1. The quantitative estimate of drug-likeness (QED) is 0.433. The number of anilines is 1. The summed E-state index contributed by atoms with van der Waals surface area (Å²) in [6.07, 6.45) is 0. The number of carboxylic acids is 1. The standard InChI is InChI=1S/C16H13N5O3/c17-10-7-5-9(6-8-10)13-14(15(22)21-19-13)20-18-12-4-2-1-3-11(12)16(23)24/h1-8H,17H2,(H,23,24)(H2,19,21,22). The van der Waals surface area contributed by atoms with E-state index in [0.29, 0.717) is 16.9 Å². The number of hydrogen-bond donors (Lipinski definition) is 4. The molecule has 0 amide bonds. The van der Waals surface area contributed by atoms with E-state index in [0.717, 1.165) is 0 Å². The van der Waals surface area contributed by atoms with Crippen molar-refractivity contribution in [2.45, 2.75) is 0 Å². The van der Waals surface area contributed by atoms with Crippen LogP contribution < -0.4 is 11.3 Å². The summed E-state index contributed by atoms with van der Waals surface area (Å²) in [6, 6.07) is 13.0. The van der Waals surface area contributed by atoms with Crippen molar-refractivity contribution in [3.8, 4) is 11.3 Å². The Balaban J connectivity index is 2.03. The first-order valence-electron chi connectivity index (χ1n) is 6.97. The van der Waals surface area contributed by atoms with Gasteiger partial charge >= 0.3 is 5.97 Å². The minimum absolute atomic E-state index is 0.00208. The summed E-state index contributed by atoms with van der Waals surface area (Å²) >= 11 is 0. The normalized spacial score (nSPS) is 11.0. The number of aromatic amines is 2. The summed E-state index contributed by atoms with van der Waals surface area (Å²) in [4.78, 5) is 23.1. The highest BCUT2D eigenvalue weighted by Crippen LogP contribution is 2.28. The molecule has 0 unspecified atom stereocenters. The molecule has 0 spiro atoms. The first-order chi connectivity index (χ1) is 11.6. The van der Waals surface area contributed by atoms with Crippen molar-refractivity contribution in [2.24, 2.45) is 10.2 Å². The second-order valence-electron chi connectivity index (χ2n) is 4.95. The number of H-pyrrole nitrogens is 2. The first-order valence-corrected chi connectivity index (χ1v) is 6.97. The minimum Gasteiger partial charge on any atom is -0.478 e. The summed E-state index contributed by atoms with van der Waals surface area (Å²) < 4.78 is 0. The Morgan fingerprint density at radius 3 is 2.42 bits per heavy atom. The van der Waals surface area contributed by atoms with Gasteiger partial charge in [0, 0.05) is 11.3 Å². The third-order valence-electron chi connectivity index (χ3n) is 3.34. The molecule has 1 heterocycles. The van der Waals surface area contributed by atoms with Crippen LogP contribution in [0.25, 0.3) is 11.3 Å². The minimum atomic E-state index is -1.12. The molecule has 0 saturated heterocycles. The maximum Gasteiger partial charge on any atom is 0.337 e. The van der Waals surface area contributed by atoms with E-state index in [-0.39, 0.29) is 16.9 Å². The van der Waals surface area contributed by atoms with Crippen LogP contribution in [0.4, 0.5) is 17.1 Å². The Kier molecular flexibility index (Phi) is 3.94. The van der Waals surface area contributed by atoms with E-state index in [1.165, 1.54) is 12.1 Å². The molecular weight excluding hydrogens is 310 g/mol. The van der Waals surface area contributed by atoms with Crippen molar-refractivity contribution in [1.82, 2.24) is 10.2 Å². The van der Waals surface area contributed by atoms with Crippen LogP contribution in [0.2, 0.25) is 0 Å². The Labute approximate surface area is 135 Å². The predicted octanol–water partition coefficient (Wildman–Crippen LogP) is 3.07. The number of hydrogen-bond acceptors (Lipinski definition) is 5. The fourth-order valence-corrected chi connectivity index (χ4v) is 2.15. The Bertz CT molecular complexity index is 970. The van der Waals surface area contributed by atoms with Gasteiger partial charge in [-0.15, -0.1) is 10.2 Å². The van der Waals surface area contributed by atoms with Crippen molar-refractivity contribution >= 4 is 23.0 Å². The van der Waals surface area contributed by atoms with Crippen molar-refractivity contribution < 1.29 is 9.90 Å². The molecule has 0 aliphatic carbocycles. The molecule has 3 rings (SSSR count). The maximum absolute atomic E-state index is 11.9. The molecular formula is C16H13N5O3. The molecule has 2 aromatic carbocycles. The van der Waals surface area contributed by atoms with Crippen LogP contribution in [0.15, 0.2) is 63.6 Å². The lowest BCUT2D eigenvalue weighted by atomic mass is 10.1. The van der Waals surface area contributed by atoms with Crippen LogP contribution in [-0.2, 0) is 0 Å². The van der Waals surface area contributed by atoms with E-state index in [2.05, 4.69) is 20.4 Å². The monoisotopic (exact) mass is 323 g/mol. The number of carboxylic acid groups (broad SMARTS) is 1. The summed E-state index contributed by atoms with van der Waals surface area (Å²) in [6.45, 7) is 0. The first kappa shape index (κ1) is 15.2. The number of benzene rings is 2. The molecule has 8 heteroatoms. The number of aromatic nitrogens is 2. The number of nitrogen functional groups attached to an aromatic ring is 1. The van der Waals surface area contributed by atoms with E-state index < -0.39 is 11.5 Å². The molecule has 24 heavy (non-hydrogen) atoms. The molecule has 0 saturated carbocycles. The number of aromatic carboxylic acids is 1. The van der Waals surface area contributed by atoms with Crippen LogP contribution in [0.5, 0.6) is 0 Å². The number of azo groups is 1. The maximum atomic E-state index is 11.9. The fourth-order valence-electron chi connectivity index (χ4n) is 2.15. The third kappa shape index (κ3) is 2.93. The zero-order valence-corrected chi connectivity index (χ0v) is 12.4. The molecule has 5 N–H and O–H groups in total. The largest absolute Gasteiger partial charge is 0.478 e. The highest BCUT2D eigenvalue weighted by Gasteiger charge is 2.13. The topological polar surface area (TPSA) is 137 Å². The van der Waals surface area contributed by atoms with E-state index >= 15 is 0 Å². The zero-order valence-electron chi connectivity index (χ0n) is 12.4. The van der Waals surface area contributed by atoms with Gasteiger partial charge in [0.2, 0.25) is 0 Å². The number of carbonyl (C=O) groups is 1. The van der Waals surface area contributed by atoms with Gasteiger partial charge in [-0.2, -0.15) is 0 Å². The zero-order chi connectivity index (χ0) is 17.1. The summed E-state index contributed by atoms with van der Waals surface area (Å²) in [5, 5.41) is 22.2. The number of rotatable bonds is 4. The Morgan fingerprint density at radius 2 is 1.71 bits per heavy atom. The van der Waals surface area contributed by atoms with Gasteiger partial charge in [-0.3, -0.25) is 15.0 Å². The van der Waals surface area contributed by atoms with Crippen molar-refractivity contribution in [1.29, 1.82) is 0 Å². The van der Waals surface area contributed by atoms with Crippen molar-refractivity contribution in [3.05, 3.63) is 64.4 Å². The lowest BCUT2D eigenvalue weighted by Crippen LogP contribution is -1.97. The predicted molar refractivity (Wildman–Crippen MR) is 88.8 cm³/mol. The van der Waals surface area contributed by atoms with Gasteiger partial charge in [-0.25, -0.2) is 4.79 Å². The fraction of sp³-hybridized carbons (Fsp3) is 0. The highest BCUT2D eigenvalue weighted by atomic mass is 16.4. The SMILES string of the molecule is Nc1ccc(-c2[nH][nH]c(=O)c2N=Nc2ccccc2C(=O)O)cc1. The van der Waals surface area contributed by atoms with E-state index in [9.17, 15) is 9.59 Å². The van der Waals surface area contributed by atoms with Crippen LogP contribution in [-0.4, -0.2) is 21.3 Å². The molecule has 0 aliphatic heterocycles. The lowest BCUT2D eigenvalue weighted by molar-refractivity contribution is 0.0698. The molecule has 0 atom stereocenters. The molecule has 1 aromatic heterocycles. The van der Waals surface area contributed by atoms with E-state index in [4.69, 9.17) is 10.8 Å². The van der Waals surface area contributed by atoms with E-state index in [1.807, 2.05) is 0 Å². The molecule has 0 bridgehead atoms. The number of nitrogens with one attached hydrogen (secondary N) is 2. The second-order valence-corrected chi connectivity index (χ2v) is 4.95. The molecule has 8 nitrogen and oxygen atoms in total. The highest BCUT2D eigenvalue weighted by molar-refractivity contribution is 5.93. The van der Waals surface area contributed by atoms with Gasteiger partial charge in [-0.05, 0) is 24.3 Å². The van der Waals surface area contributed by atoms with Gasteiger partial charge in [0.25, 0.3) is 5.56 Å². The average molecular weight is 323 g/mol. The van der Waals surface area contributed by atoms with Crippen LogP contribution in [0, 0.1) is 0 Å². The lowest BCUT2D eigenvalue weighted by Gasteiger charge is -2.00. The third-order valence-corrected chi connectivity index (χ3v) is 3.34. The summed E-state index contributed by atoms with van der Waals surface area (Å²) in [5.74, 6) is -1.12. The van der Waals surface area contributed by atoms with Gasteiger partial charge in [0.05, 0.1) is 11.3 Å². The van der Waals surface area contributed by atoms with Gasteiger partial charge < -0.3 is 10.8 Å². The van der Waals surface area contributed by atoms with Crippen LogP contribution >= 0.6 is 0 Å². The molecule has 3 aromatic rings. The van der Waals surface area contributed by atoms with Crippen LogP contribution in [0.1, 0.15) is 10.4 Å². The summed E-state index contributed by atoms with van der Waals surface area (Å²) in [5.41, 5.74) is 7.14. The smallest absolute Gasteiger partial charge is 0.337 e. The van der Waals surface area contributed by atoms with Gasteiger partial charge in [-0.1, -0.05) is 24.3 Å². The van der Waals surface area contributed by atoms with Gasteiger partial charge in [0.15, 0.2) is 5.69 Å². The Hall–Kier alpha value is -3.68. The van der Waals surface area contributed by atoms with Gasteiger partial charge in [0.1, 0.15) is 5.69 Å². The summed E-state index contributed by atoms with van der Waals surface area (Å²) in [7, 11) is 0. The number of nitrogens with zero attached hydrogens (tertiary/aromatic N) is 2. The molecule has 120 valence electrons. The average Bonchev–Trinajstić information content (AvgIpc) is 2.94. The molecule has 0 fully saturated rings. The van der Waals surface area contributed by atoms with Crippen molar-refractivity contribution in [3.63, 3.8) is 0 Å². The van der Waals surface area contributed by atoms with Crippen LogP contribution in [0.3, 0.4) is 0 Å². The molecule has 0 aliphatic rings.